The second kappa shape index (κ2) is 13.6. The molecule has 0 spiro atoms. The molecule has 5 rings (SSSR count). The molecule has 0 saturated heterocycles. The van der Waals surface area contributed by atoms with Crippen molar-refractivity contribution >= 4 is 0 Å². The second-order valence-electron chi connectivity index (χ2n) is 12.6. The standard InChI is InChI=1S/C37H44F4/c1-3-5-6-8-25-11-15-27(16-12-25)18-20-29-22-31-23-30-21-28(19-17-26-13-9-24(7-4-2)10-14-26)34(38)36(40)32(30)33(31)37(41)35(29)39/h9-10,13-14,21-22,25,27H,3-8,11-12,15-20,23H2,1-2H3. The highest BCUT2D eigenvalue weighted by molar-refractivity contribution is 5.79. The summed E-state index contributed by atoms with van der Waals surface area (Å²) in [5, 5.41) is 0. The minimum atomic E-state index is -1.06. The molecule has 0 nitrogen and oxygen atoms in total. The van der Waals surface area contributed by atoms with Gasteiger partial charge in [-0.2, -0.15) is 0 Å². The van der Waals surface area contributed by atoms with Gasteiger partial charge in [0.1, 0.15) is 0 Å². The third-order valence-corrected chi connectivity index (χ3v) is 9.61. The normalized spacial score (nSPS) is 18.0. The van der Waals surface area contributed by atoms with Crippen LogP contribution in [0.3, 0.4) is 0 Å². The maximum Gasteiger partial charge on any atom is 0.167 e. The van der Waals surface area contributed by atoms with Gasteiger partial charge in [0.25, 0.3) is 0 Å². The summed E-state index contributed by atoms with van der Waals surface area (Å²) in [7, 11) is 0. The lowest BCUT2D eigenvalue weighted by atomic mass is 9.77. The first-order chi connectivity index (χ1) is 19.9. The fourth-order valence-electron chi connectivity index (χ4n) is 7.16. The first-order valence-corrected chi connectivity index (χ1v) is 16.0. The predicted octanol–water partition coefficient (Wildman–Crippen LogP) is 10.9. The molecule has 3 aromatic carbocycles. The van der Waals surface area contributed by atoms with Gasteiger partial charge in [-0.05, 0) is 83.7 Å². The molecule has 0 unspecified atom stereocenters. The molecule has 4 heteroatoms. The van der Waals surface area contributed by atoms with Crippen LogP contribution in [-0.2, 0) is 32.1 Å². The van der Waals surface area contributed by atoms with E-state index in [1.54, 1.807) is 12.1 Å². The van der Waals surface area contributed by atoms with E-state index in [0.717, 1.165) is 43.6 Å². The van der Waals surface area contributed by atoms with E-state index in [9.17, 15) is 0 Å². The lowest BCUT2D eigenvalue weighted by molar-refractivity contribution is 0.248. The molecular formula is C37H44F4. The number of fused-ring (bicyclic) bond motifs is 3. The van der Waals surface area contributed by atoms with Gasteiger partial charge in [0.05, 0.1) is 0 Å². The average molecular weight is 565 g/mol. The molecule has 0 amide bonds. The molecule has 1 fully saturated rings. The van der Waals surface area contributed by atoms with Crippen molar-refractivity contribution in [3.63, 3.8) is 0 Å². The Kier molecular flexibility index (Phi) is 9.88. The molecule has 220 valence electrons. The Balaban J connectivity index is 1.25. The van der Waals surface area contributed by atoms with Gasteiger partial charge in [0.15, 0.2) is 23.3 Å². The summed E-state index contributed by atoms with van der Waals surface area (Å²) < 4.78 is 61.2. The van der Waals surface area contributed by atoms with Crippen molar-refractivity contribution in [1.82, 2.24) is 0 Å². The molecule has 41 heavy (non-hydrogen) atoms. The van der Waals surface area contributed by atoms with Crippen LogP contribution >= 0.6 is 0 Å². The fraction of sp³-hybridized carbons (Fsp3) is 0.514. The molecular weight excluding hydrogens is 520 g/mol. The minimum Gasteiger partial charge on any atom is -0.203 e. The van der Waals surface area contributed by atoms with Crippen LogP contribution in [-0.4, -0.2) is 0 Å². The molecule has 0 heterocycles. The number of hydrogen-bond donors (Lipinski definition) is 0. The van der Waals surface area contributed by atoms with Gasteiger partial charge in [-0.25, -0.2) is 17.6 Å². The Morgan fingerprint density at radius 1 is 0.561 bits per heavy atom. The predicted molar refractivity (Wildman–Crippen MR) is 160 cm³/mol. The van der Waals surface area contributed by atoms with Crippen molar-refractivity contribution in [3.05, 3.63) is 93.0 Å². The van der Waals surface area contributed by atoms with Gasteiger partial charge in [-0.15, -0.1) is 0 Å². The van der Waals surface area contributed by atoms with E-state index in [1.165, 1.54) is 44.1 Å². The molecule has 0 bridgehead atoms. The van der Waals surface area contributed by atoms with E-state index < -0.39 is 23.3 Å². The summed E-state index contributed by atoms with van der Waals surface area (Å²) in [6.45, 7) is 4.37. The van der Waals surface area contributed by atoms with E-state index in [4.69, 9.17) is 0 Å². The number of benzene rings is 3. The van der Waals surface area contributed by atoms with Crippen LogP contribution < -0.4 is 0 Å². The average Bonchev–Trinajstić information content (AvgIpc) is 3.35. The maximum atomic E-state index is 15.4. The van der Waals surface area contributed by atoms with Crippen LogP contribution in [0.15, 0.2) is 36.4 Å². The van der Waals surface area contributed by atoms with Gasteiger partial charge < -0.3 is 0 Å². The lowest BCUT2D eigenvalue weighted by Gasteiger charge is -2.28. The summed E-state index contributed by atoms with van der Waals surface area (Å²) in [5.41, 5.74) is 3.90. The van der Waals surface area contributed by atoms with Crippen LogP contribution in [0.2, 0.25) is 0 Å². The van der Waals surface area contributed by atoms with Crippen LogP contribution in [0.1, 0.15) is 111 Å². The maximum absolute atomic E-state index is 15.4. The van der Waals surface area contributed by atoms with E-state index in [1.807, 2.05) is 12.1 Å². The van der Waals surface area contributed by atoms with Crippen LogP contribution in [0, 0.1) is 35.1 Å². The van der Waals surface area contributed by atoms with Crippen molar-refractivity contribution in [1.29, 1.82) is 0 Å². The third-order valence-electron chi connectivity index (χ3n) is 9.61. The SMILES string of the molecule is CCCCCC1CCC(CCc2cc3c(c(F)c2F)-c2c(cc(CCc4ccc(CCC)cc4)c(F)c2F)C3)CC1. The summed E-state index contributed by atoms with van der Waals surface area (Å²) in [5.74, 6) is -2.58. The van der Waals surface area contributed by atoms with E-state index in [-0.39, 0.29) is 16.7 Å². The van der Waals surface area contributed by atoms with Gasteiger partial charge in [0.2, 0.25) is 0 Å². The number of halogens is 4. The molecule has 0 aromatic heterocycles. The monoisotopic (exact) mass is 564 g/mol. The zero-order chi connectivity index (χ0) is 28.9. The quantitative estimate of drug-likeness (QED) is 0.119. The molecule has 3 aromatic rings. The number of hydrogen-bond acceptors (Lipinski definition) is 0. The Labute approximate surface area is 243 Å². The van der Waals surface area contributed by atoms with E-state index in [0.29, 0.717) is 48.3 Å². The summed E-state index contributed by atoms with van der Waals surface area (Å²) in [6, 6.07) is 11.6. The van der Waals surface area contributed by atoms with Crippen molar-refractivity contribution in [2.45, 2.75) is 110 Å². The molecule has 0 aliphatic heterocycles. The first kappa shape index (κ1) is 29.9. The molecule has 0 N–H and O–H groups in total. The first-order valence-electron chi connectivity index (χ1n) is 16.0. The van der Waals surface area contributed by atoms with E-state index in [2.05, 4.69) is 26.0 Å². The minimum absolute atomic E-state index is 0.0942. The smallest absolute Gasteiger partial charge is 0.167 e. The molecule has 2 aliphatic carbocycles. The highest BCUT2D eigenvalue weighted by atomic mass is 19.2. The van der Waals surface area contributed by atoms with Crippen molar-refractivity contribution in [3.8, 4) is 11.1 Å². The van der Waals surface area contributed by atoms with Gasteiger partial charge in [0, 0.05) is 11.1 Å². The van der Waals surface area contributed by atoms with Crippen molar-refractivity contribution in [2.24, 2.45) is 11.8 Å². The van der Waals surface area contributed by atoms with Crippen LogP contribution in [0.4, 0.5) is 17.6 Å². The zero-order valence-electron chi connectivity index (χ0n) is 24.7. The number of unbranched alkanes of at least 4 members (excludes halogenated alkanes) is 2. The summed E-state index contributed by atoms with van der Waals surface area (Å²) in [6.07, 6.45) is 14.6. The highest BCUT2D eigenvalue weighted by Crippen LogP contribution is 2.44. The summed E-state index contributed by atoms with van der Waals surface area (Å²) in [4.78, 5) is 0. The molecule has 1 saturated carbocycles. The molecule has 0 radical (unpaired) electrons. The van der Waals surface area contributed by atoms with Crippen LogP contribution in [0.5, 0.6) is 0 Å². The lowest BCUT2D eigenvalue weighted by Crippen LogP contribution is -2.15. The Bertz CT molecular complexity index is 1330. The molecule has 0 atom stereocenters. The third kappa shape index (κ3) is 6.73. The van der Waals surface area contributed by atoms with E-state index >= 15 is 17.6 Å². The topological polar surface area (TPSA) is 0 Å². The summed E-state index contributed by atoms with van der Waals surface area (Å²) >= 11 is 0. The fourth-order valence-corrected chi connectivity index (χ4v) is 7.16. The van der Waals surface area contributed by atoms with Gasteiger partial charge in [-0.3, -0.25) is 0 Å². The number of aryl methyl sites for hydroxylation is 4. The Hall–Kier alpha value is -2.62. The van der Waals surface area contributed by atoms with Crippen LogP contribution in [0.25, 0.3) is 11.1 Å². The van der Waals surface area contributed by atoms with Crippen molar-refractivity contribution < 1.29 is 17.6 Å². The Morgan fingerprint density at radius 3 is 1.61 bits per heavy atom. The second-order valence-corrected chi connectivity index (χ2v) is 12.6. The van der Waals surface area contributed by atoms with Gasteiger partial charge in [-0.1, -0.05) is 108 Å². The van der Waals surface area contributed by atoms with Crippen molar-refractivity contribution in [2.75, 3.05) is 0 Å². The largest absolute Gasteiger partial charge is 0.203 e. The van der Waals surface area contributed by atoms with Gasteiger partial charge >= 0.3 is 0 Å². The molecule has 2 aliphatic rings. The number of rotatable bonds is 12. The Morgan fingerprint density at radius 2 is 1.07 bits per heavy atom. The zero-order valence-corrected chi connectivity index (χ0v) is 24.7. The highest BCUT2D eigenvalue weighted by Gasteiger charge is 2.32.